The van der Waals surface area contributed by atoms with E-state index in [2.05, 4.69) is 5.32 Å². The number of nitrogens with zero attached hydrogens (tertiary/aromatic N) is 1. The van der Waals surface area contributed by atoms with Gasteiger partial charge in [0.25, 0.3) is 0 Å². The number of carbonyl (C=O) groups excluding carboxylic acids is 1. The molecule has 116 valence electrons. The molecule has 0 saturated carbocycles. The molecule has 1 heterocycles. The van der Waals surface area contributed by atoms with E-state index in [0.29, 0.717) is 18.3 Å². The third kappa shape index (κ3) is 3.40. The van der Waals surface area contributed by atoms with Gasteiger partial charge < -0.3 is 4.74 Å². The van der Waals surface area contributed by atoms with Crippen LogP contribution in [0.2, 0.25) is 0 Å². The average Bonchev–Trinajstić information content (AvgIpc) is 2.81. The number of likely N-dealkylation sites (N-methyl/N-ethyl adjacent to an activating group) is 1. The van der Waals surface area contributed by atoms with Crippen LogP contribution in [0.25, 0.3) is 6.08 Å². The predicted molar refractivity (Wildman–Crippen MR) is 88.7 cm³/mol. The predicted octanol–water partition coefficient (Wildman–Crippen LogP) is 1.69. The maximum absolute atomic E-state index is 11.8. The molecular weight excluding hydrogens is 290 g/mol. The second-order valence-electron chi connectivity index (χ2n) is 5.27. The van der Waals surface area contributed by atoms with Gasteiger partial charge in [-0.1, -0.05) is 42.5 Å². The molecule has 1 aliphatic rings. The number of carbonyl (C=O) groups is 1. The SMILES string of the molecule is C[N+]1=C(N)NC(=O)/C1=C/c1ccc(OCc2ccccc2)cc1. The molecule has 0 spiro atoms. The molecular formula is C18H18N3O2+. The molecule has 2 aromatic carbocycles. The van der Waals surface area contributed by atoms with Gasteiger partial charge in [0.1, 0.15) is 12.4 Å². The molecule has 0 fully saturated rings. The van der Waals surface area contributed by atoms with E-state index in [4.69, 9.17) is 10.5 Å². The molecule has 0 aliphatic carbocycles. The molecule has 5 nitrogen and oxygen atoms in total. The molecule has 23 heavy (non-hydrogen) atoms. The Morgan fingerprint density at radius 2 is 1.83 bits per heavy atom. The van der Waals surface area contributed by atoms with Gasteiger partial charge in [0.15, 0.2) is 5.70 Å². The Morgan fingerprint density at radius 3 is 2.43 bits per heavy atom. The van der Waals surface area contributed by atoms with Crippen LogP contribution >= 0.6 is 0 Å². The number of hydrogen-bond donors (Lipinski definition) is 2. The minimum absolute atomic E-state index is 0.200. The van der Waals surface area contributed by atoms with Gasteiger partial charge >= 0.3 is 11.9 Å². The van der Waals surface area contributed by atoms with E-state index >= 15 is 0 Å². The quantitative estimate of drug-likeness (QED) is 0.667. The van der Waals surface area contributed by atoms with Crippen LogP contribution in [0.15, 0.2) is 60.3 Å². The Labute approximate surface area is 134 Å². The van der Waals surface area contributed by atoms with Crippen molar-refractivity contribution >= 4 is 17.9 Å². The second-order valence-corrected chi connectivity index (χ2v) is 5.27. The highest BCUT2D eigenvalue weighted by atomic mass is 16.5. The van der Waals surface area contributed by atoms with Gasteiger partial charge in [-0.2, -0.15) is 0 Å². The number of guanidine groups is 1. The van der Waals surface area contributed by atoms with E-state index in [9.17, 15) is 4.79 Å². The van der Waals surface area contributed by atoms with Crippen molar-refractivity contribution in [1.29, 1.82) is 0 Å². The molecule has 0 saturated heterocycles. The van der Waals surface area contributed by atoms with Gasteiger partial charge in [0, 0.05) is 0 Å². The third-order valence-corrected chi connectivity index (χ3v) is 3.63. The third-order valence-electron chi connectivity index (χ3n) is 3.63. The average molecular weight is 308 g/mol. The Balaban J connectivity index is 1.69. The lowest BCUT2D eigenvalue weighted by molar-refractivity contribution is -0.432. The number of nitrogens with one attached hydrogen (secondary N) is 1. The minimum atomic E-state index is -0.200. The summed E-state index contributed by atoms with van der Waals surface area (Å²) < 4.78 is 7.37. The van der Waals surface area contributed by atoms with Crippen LogP contribution in [0, 0.1) is 0 Å². The van der Waals surface area contributed by atoms with Crippen LogP contribution in [-0.4, -0.2) is 23.5 Å². The van der Waals surface area contributed by atoms with Crippen molar-refractivity contribution in [2.24, 2.45) is 5.73 Å². The number of benzene rings is 2. The van der Waals surface area contributed by atoms with Gasteiger partial charge in [0.05, 0.1) is 7.05 Å². The van der Waals surface area contributed by atoms with Crippen LogP contribution in [0.5, 0.6) is 5.75 Å². The van der Waals surface area contributed by atoms with Crippen LogP contribution in [0.1, 0.15) is 11.1 Å². The zero-order valence-electron chi connectivity index (χ0n) is 12.8. The Kier molecular flexibility index (Phi) is 4.10. The Morgan fingerprint density at radius 1 is 1.13 bits per heavy atom. The summed E-state index contributed by atoms with van der Waals surface area (Å²) in [5.74, 6) is 0.921. The molecule has 1 amide bonds. The summed E-state index contributed by atoms with van der Waals surface area (Å²) >= 11 is 0. The zero-order valence-corrected chi connectivity index (χ0v) is 12.8. The van der Waals surface area contributed by atoms with E-state index in [1.54, 1.807) is 17.7 Å². The molecule has 1 aliphatic heterocycles. The van der Waals surface area contributed by atoms with E-state index in [1.807, 2.05) is 54.6 Å². The summed E-state index contributed by atoms with van der Waals surface area (Å²) in [6.07, 6.45) is 1.79. The fourth-order valence-corrected chi connectivity index (χ4v) is 2.27. The van der Waals surface area contributed by atoms with Crippen molar-refractivity contribution < 1.29 is 14.1 Å². The highest BCUT2D eigenvalue weighted by Crippen LogP contribution is 2.17. The van der Waals surface area contributed by atoms with Crippen molar-refractivity contribution in [3.8, 4) is 5.75 Å². The first-order valence-corrected chi connectivity index (χ1v) is 7.29. The number of nitrogens with two attached hydrogens (primary N) is 1. The lowest BCUT2D eigenvalue weighted by atomic mass is 10.2. The lowest BCUT2D eigenvalue weighted by Crippen LogP contribution is -2.32. The molecule has 5 heteroatoms. The summed E-state index contributed by atoms with van der Waals surface area (Å²) in [5.41, 5.74) is 8.22. The molecule has 0 unspecified atom stereocenters. The zero-order chi connectivity index (χ0) is 16.2. The largest absolute Gasteiger partial charge is 0.489 e. The second kappa shape index (κ2) is 6.36. The summed E-state index contributed by atoms with van der Waals surface area (Å²) in [6, 6.07) is 17.6. The highest BCUT2D eigenvalue weighted by molar-refractivity contribution is 6.08. The van der Waals surface area contributed by atoms with Gasteiger partial charge in [-0.05, 0) is 29.3 Å². The van der Waals surface area contributed by atoms with Gasteiger partial charge in [-0.3, -0.25) is 5.73 Å². The van der Waals surface area contributed by atoms with Crippen molar-refractivity contribution in [2.45, 2.75) is 6.61 Å². The van der Waals surface area contributed by atoms with E-state index in [-0.39, 0.29) is 5.91 Å². The van der Waals surface area contributed by atoms with Gasteiger partial charge in [-0.25, -0.2) is 14.7 Å². The molecule has 0 atom stereocenters. The topological polar surface area (TPSA) is 67.4 Å². The van der Waals surface area contributed by atoms with Gasteiger partial charge in [-0.15, -0.1) is 0 Å². The summed E-state index contributed by atoms with van der Waals surface area (Å²) in [7, 11) is 1.75. The molecule has 0 bridgehead atoms. The van der Waals surface area contributed by atoms with Crippen molar-refractivity contribution in [3.63, 3.8) is 0 Å². The molecule has 0 radical (unpaired) electrons. The first kappa shape index (κ1) is 14.8. The van der Waals surface area contributed by atoms with Crippen molar-refractivity contribution in [1.82, 2.24) is 5.32 Å². The smallest absolute Gasteiger partial charge is 0.356 e. The van der Waals surface area contributed by atoms with Crippen molar-refractivity contribution in [3.05, 3.63) is 71.4 Å². The fraction of sp³-hybridized carbons (Fsp3) is 0.111. The summed E-state index contributed by atoms with van der Waals surface area (Å²) in [5, 5.41) is 2.58. The van der Waals surface area contributed by atoms with Crippen molar-refractivity contribution in [2.75, 3.05) is 7.05 Å². The normalized spacial score (nSPS) is 15.9. The number of ether oxygens (including phenoxy) is 1. The summed E-state index contributed by atoms with van der Waals surface area (Å²) in [6.45, 7) is 0.526. The maximum atomic E-state index is 11.8. The number of hydrogen-bond acceptors (Lipinski definition) is 3. The van der Waals surface area contributed by atoms with E-state index in [0.717, 1.165) is 16.9 Å². The van der Waals surface area contributed by atoms with E-state index < -0.39 is 0 Å². The maximum Gasteiger partial charge on any atom is 0.356 e. The van der Waals surface area contributed by atoms with Crippen LogP contribution in [-0.2, 0) is 11.4 Å². The molecule has 2 aromatic rings. The molecule has 0 aromatic heterocycles. The van der Waals surface area contributed by atoms with Gasteiger partial charge in [0.2, 0.25) is 0 Å². The minimum Gasteiger partial charge on any atom is -0.489 e. The number of amides is 1. The standard InChI is InChI=1S/C18H17N3O2/c1-21-16(17(22)20-18(21)19)11-13-7-9-15(10-8-13)23-12-14-5-3-2-4-6-14/h2-11H,12H2,1H3,(H2,19,20,22)/p+1/b16-11-. The van der Waals surface area contributed by atoms with E-state index in [1.165, 1.54) is 0 Å². The van der Waals surface area contributed by atoms with Crippen LogP contribution in [0.3, 0.4) is 0 Å². The molecule has 3 rings (SSSR count). The van der Waals surface area contributed by atoms with Crippen LogP contribution in [0.4, 0.5) is 0 Å². The Hall–Kier alpha value is -3.08. The number of rotatable bonds is 4. The summed E-state index contributed by atoms with van der Waals surface area (Å²) in [4.78, 5) is 11.8. The first-order chi connectivity index (χ1) is 11.1. The highest BCUT2D eigenvalue weighted by Gasteiger charge is 2.28. The monoisotopic (exact) mass is 308 g/mol. The first-order valence-electron chi connectivity index (χ1n) is 7.29. The Bertz CT molecular complexity index is 778. The molecule has 3 N–H and O–H groups in total. The lowest BCUT2D eigenvalue weighted by Gasteiger charge is -2.06. The fourth-order valence-electron chi connectivity index (χ4n) is 2.27. The van der Waals surface area contributed by atoms with Crippen LogP contribution < -0.4 is 15.8 Å².